The lowest BCUT2D eigenvalue weighted by atomic mass is 9.79. The largest absolute Gasteiger partial charge is 0.493 e. The van der Waals surface area contributed by atoms with E-state index in [9.17, 15) is 4.79 Å². The van der Waals surface area contributed by atoms with Gasteiger partial charge < -0.3 is 19.5 Å². The Balaban J connectivity index is 1.68. The fourth-order valence-corrected chi connectivity index (χ4v) is 4.90. The molecule has 1 aliphatic rings. The lowest BCUT2D eigenvalue weighted by Gasteiger charge is -2.32. The zero-order chi connectivity index (χ0) is 24.1. The molecule has 0 aromatic heterocycles. The summed E-state index contributed by atoms with van der Waals surface area (Å²) < 4.78 is 11.3. The molecular formula is C29H32NO4. The molecule has 0 aliphatic heterocycles. The second-order valence-corrected chi connectivity index (χ2v) is 8.80. The van der Waals surface area contributed by atoms with E-state index in [4.69, 9.17) is 14.6 Å². The van der Waals surface area contributed by atoms with Gasteiger partial charge in [0.1, 0.15) is 0 Å². The Kier molecular flexibility index (Phi) is 7.41. The summed E-state index contributed by atoms with van der Waals surface area (Å²) in [6.07, 6.45) is 3.16. The minimum Gasteiger partial charge on any atom is -0.493 e. The molecule has 177 valence electrons. The normalized spacial score (nSPS) is 14.9. The summed E-state index contributed by atoms with van der Waals surface area (Å²) in [4.78, 5) is 13.4. The predicted molar refractivity (Wildman–Crippen MR) is 134 cm³/mol. The molecule has 34 heavy (non-hydrogen) atoms. The molecule has 1 aliphatic carbocycles. The number of fused-ring (bicyclic) bond motifs is 1. The summed E-state index contributed by atoms with van der Waals surface area (Å²) in [5.74, 6) is 1.05. The third-order valence-electron chi connectivity index (χ3n) is 6.73. The number of benzene rings is 3. The Morgan fingerprint density at radius 3 is 2.44 bits per heavy atom. The van der Waals surface area contributed by atoms with Gasteiger partial charge in [0.25, 0.3) is 0 Å². The van der Waals surface area contributed by atoms with Crippen LogP contribution in [0.25, 0.3) is 0 Å². The van der Waals surface area contributed by atoms with E-state index in [1.54, 1.807) is 14.2 Å². The first-order valence-corrected chi connectivity index (χ1v) is 11.8. The quantitative estimate of drug-likeness (QED) is 0.463. The van der Waals surface area contributed by atoms with Gasteiger partial charge in [-0.15, -0.1) is 0 Å². The summed E-state index contributed by atoms with van der Waals surface area (Å²) in [7, 11) is 3.36. The highest BCUT2D eigenvalue weighted by Crippen LogP contribution is 2.43. The van der Waals surface area contributed by atoms with Crippen molar-refractivity contribution in [3.05, 3.63) is 88.5 Å². The second-order valence-electron chi connectivity index (χ2n) is 8.80. The summed E-state index contributed by atoms with van der Waals surface area (Å²) in [5.41, 5.74) is 7.18. The maximum atomic E-state index is 11.0. The lowest BCUT2D eigenvalue weighted by molar-refractivity contribution is -0.136. The van der Waals surface area contributed by atoms with Crippen LogP contribution < -0.4 is 14.4 Å². The standard InChI is InChI=1S/C29H32NO4/c1-4-30(19-21-11-9-20(10-12-21)15-29(31)32)26-18-28(34-3)27(33-2)17-25(26)24-14-13-22-7-5-6-8-23(22)16-24/h6-12,17-18,24H,4,13-16,19H2,1-3H3,(H,31,32)/t24-/m0/s1. The molecule has 1 N–H and O–H groups in total. The number of carbonyl (C=O) groups is 1. The van der Waals surface area contributed by atoms with Crippen molar-refractivity contribution in [1.82, 2.24) is 0 Å². The monoisotopic (exact) mass is 458 g/mol. The highest BCUT2D eigenvalue weighted by molar-refractivity contribution is 5.70. The Hall–Kier alpha value is -3.47. The number of anilines is 1. The van der Waals surface area contributed by atoms with E-state index < -0.39 is 5.97 Å². The van der Waals surface area contributed by atoms with Gasteiger partial charge in [0.05, 0.1) is 20.6 Å². The number of ether oxygens (including phenoxy) is 2. The molecule has 0 saturated heterocycles. The number of aliphatic carboxylic acids is 1. The van der Waals surface area contributed by atoms with Gasteiger partial charge in [-0.2, -0.15) is 0 Å². The number of aryl methyl sites for hydroxylation is 1. The van der Waals surface area contributed by atoms with Gasteiger partial charge in [0.15, 0.2) is 11.5 Å². The Labute approximate surface area is 201 Å². The highest BCUT2D eigenvalue weighted by atomic mass is 16.5. The number of nitrogens with zero attached hydrogens (tertiary/aromatic N) is 1. The average molecular weight is 459 g/mol. The Morgan fingerprint density at radius 1 is 1.06 bits per heavy atom. The maximum Gasteiger partial charge on any atom is 0.307 e. The molecule has 1 atom stereocenters. The topological polar surface area (TPSA) is 59.0 Å². The van der Waals surface area contributed by atoms with Crippen LogP contribution in [0.15, 0.2) is 54.6 Å². The van der Waals surface area contributed by atoms with E-state index in [0.29, 0.717) is 5.92 Å². The molecule has 3 aromatic carbocycles. The van der Waals surface area contributed by atoms with Gasteiger partial charge in [-0.1, -0.05) is 42.5 Å². The van der Waals surface area contributed by atoms with Crippen LogP contribution in [-0.4, -0.2) is 31.8 Å². The van der Waals surface area contributed by atoms with Crippen LogP contribution in [0.3, 0.4) is 0 Å². The van der Waals surface area contributed by atoms with Gasteiger partial charge in [0.2, 0.25) is 0 Å². The molecule has 4 rings (SSSR count). The highest BCUT2D eigenvalue weighted by Gasteiger charge is 2.26. The number of carboxylic acids is 1. The van der Waals surface area contributed by atoms with Crippen LogP contribution in [0.4, 0.5) is 5.69 Å². The minimum atomic E-state index is -0.815. The first kappa shape index (κ1) is 23.7. The van der Waals surface area contributed by atoms with E-state index in [1.165, 1.54) is 16.7 Å². The van der Waals surface area contributed by atoms with Gasteiger partial charge in [-0.05, 0) is 72.1 Å². The lowest BCUT2D eigenvalue weighted by Crippen LogP contribution is -2.25. The summed E-state index contributed by atoms with van der Waals surface area (Å²) in [6, 6.07) is 21.6. The molecular weight excluding hydrogens is 426 g/mol. The maximum absolute atomic E-state index is 11.0. The molecule has 1 radical (unpaired) electrons. The van der Waals surface area contributed by atoms with Gasteiger partial charge >= 0.3 is 5.97 Å². The Morgan fingerprint density at radius 2 is 1.76 bits per heavy atom. The van der Waals surface area contributed by atoms with Crippen molar-refractivity contribution in [1.29, 1.82) is 0 Å². The van der Waals surface area contributed by atoms with Crippen molar-refractivity contribution in [3.63, 3.8) is 0 Å². The van der Waals surface area contributed by atoms with Crippen LogP contribution in [-0.2, 0) is 30.6 Å². The predicted octanol–water partition coefficient (Wildman–Crippen LogP) is 5.43. The zero-order valence-electron chi connectivity index (χ0n) is 20.1. The van der Waals surface area contributed by atoms with Crippen LogP contribution in [0, 0.1) is 6.07 Å². The number of rotatable bonds is 9. The van der Waals surface area contributed by atoms with Gasteiger partial charge in [-0.25, -0.2) is 0 Å². The van der Waals surface area contributed by atoms with E-state index in [1.807, 2.05) is 30.3 Å². The van der Waals surface area contributed by atoms with Crippen molar-refractivity contribution in [3.8, 4) is 11.5 Å². The average Bonchev–Trinajstić information content (AvgIpc) is 2.86. The van der Waals surface area contributed by atoms with Crippen LogP contribution in [0.1, 0.15) is 47.1 Å². The van der Waals surface area contributed by atoms with E-state index in [0.717, 1.165) is 60.7 Å². The third-order valence-corrected chi connectivity index (χ3v) is 6.73. The molecule has 5 nitrogen and oxygen atoms in total. The minimum absolute atomic E-state index is 0.0402. The first-order valence-electron chi connectivity index (χ1n) is 11.8. The number of hydrogen-bond donors (Lipinski definition) is 1. The molecule has 3 aromatic rings. The van der Waals surface area contributed by atoms with Crippen molar-refractivity contribution in [2.24, 2.45) is 0 Å². The molecule has 0 fully saturated rings. The molecule has 0 unspecified atom stereocenters. The zero-order valence-corrected chi connectivity index (χ0v) is 20.1. The molecule has 0 saturated carbocycles. The summed E-state index contributed by atoms with van der Waals surface area (Å²) in [5, 5.41) is 9.04. The number of hydrogen-bond acceptors (Lipinski definition) is 4. The fraction of sp³-hybridized carbons (Fsp3) is 0.345. The van der Waals surface area contributed by atoms with E-state index in [-0.39, 0.29) is 6.42 Å². The van der Waals surface area contributed by atoms with Crippen molar-refractivity contribution in [2.75, 3.05) is 25.7 Å². The number of methoxy groups -OCH3 is 2. The van der Waals surface area contributed by atoms with E-state index in [2.05, 4.69) is 42.2 Å². The van der Waals surface area contributed by atoms with Gasteiger partial charge in [-0.3, -0.25) is 4.79 Å². The van der Waals surface area contributed by atoms with Crippen molar-refractivity contribution in [2.45, 2.75) is 45.1 Å². The van der Waals surface area contributed by atoms with Crippen molar-refractivity contribution >= 4 is 11.7 Å². The van der Waals surface area contributed by atoms with Gasteiger partial charge in [0, 0.05) is 24.8 Å². The van der Waals surface area contributed by atoms with Crippen molar-refractivity contribution < 1.29 is 19.4 Å². The third kappa shape index (κ3) is 5.19. The van der Waals surface area contributed by atoms with Crippen LogP contribution in [0.2, 0.25) is 0 Å². The second kappa shape index (κ2) is 10.6. The Bertz CT molecular complexity index is 1140. The van der Waals surface area contributed by atoms with Crippen LogP contribution in [0.5, 0.6) is 11.5 Å². The molecule has 0 bridgehead atoms. The fourth-order valence-electron chi connectivity index (χ4n) is 4.90. The van der Waals surface area contributed by atoms with E-state index >= 15 is 0 Å². The SMILES string of the molecule is CCN(Cc1ccc(CC(=O)O)cc1)c1cc(OC)c(OC)cc1[C@H]1CCc2c[c]ccc2C1. The summed E-state index contributed by atoms with van der Waals surface area (Å²) in [6.45, 7) is 3.72. The van der Waals surface area contributed by atoms with Crippen LogP contribution >= 0.6 is 0 Å². The smallest absolute Gasteiger partial charge is 0.307 e. The molecule has 0 spiro atoms. The number of carboxylic acid groups (broad SMARTS) is 1. The molecule has 0 heterocycles. The summed E-state index contributed by atoms with van der Waals surface area (Å²) >= 11 is 0. The first-order chi connectivity index (χ1) is 16.5. The molecule has 0 amide bonds. The molecule has 5 heteroatoms.